The van der Waals surface area contributed by atoms with Crippen molar-refractivity contribution in [2.75, 3.05) is 4.43 Å². The van der Waals surface area contributed by atoms with Gasteiger partial charge in [-0.3, -0.25) is 0 Å². The second kappa shape index (κ2) is 17.1. The van der Waals surface area contributed by atoms with Crippen LogP contribution in [0, 0.1) is 17.8 Å². The zero-order chi connectivity index (χ0) is 31.9. The van der Waals surface area contributed by atoms with Crippen molar-refractivity contribution >= 4 is 47.5 Å². The Bertz CT molecular complexity index is 674. The molecule has 0 rings (SSSR count). The first-order chi connectivity index (χ1) is 18.2. The van der Waals surface area contributed by atoms with E-state index in [1.165, 1.54) is 18.1 Å². The SMILES string of the molecule is CC[C@@H](O[Si](C(C)C)(C(C)C)C(C)C)[C@H](C)[C@H](O[Si](C)(C)C(C)(C)C)[C@@H](C)[C@@H](O[Si](CC)(CC)CC)[C@@H](C)CI. The summed E-state index contributed by atoms with van der Waals surface area (Å²) in [5.41, 5.74) is 1.73. The van der Waals surface area contributed by atoms with Gasteiger partial charge in [0.2, 0.25) is 8.32 Å². The molecule has 40 heavy (non-hydrogen) atoms. The largest absolute Gasteiger partial charge is 0.413 e. The van der Waals surface area contributed by atoms with Crippen LogP contribution < -0.4 is 0 Å². The van der Waals surface area contributed by atoms with Crippen molar-refractivity contribution in [1.82, 2.24) is 0 Å². The van der Waals surface area contributed by atoms with Gasteiger partial charge < -0.3 is 13.3 Å². The topological polar surface area (TPSA) is 27.7 Å². The maximum absolute atomic E-state index is 7.54. The fraction of sp³-hybridized carbons (Fsp3) is 1.00. The summed E-state index contributed by atoms with van der Waals surface area (Å²) in [6.07, 6.45) is 1.53. The number of rotatable bonds is 19. The summed E-state index contributed by atoms with van der Waals surface area (Å²) < 4.78 is 23.5. The number of halogens is 1. The highest BCUT2D eigenvalue weighted by atomic mass is 127. The average Bonchev–Trinajstić information content (AvgIpc) is 2.86. The van der Waals surface area contributed by atoms with Crippen molar-refractivity contribution in [3.05, 3.63) is 0 Å². The Hall–Kier alpha value is 1.26. The van der Waals surface area contributed by atoms with Gasteiger partial charge >= 0.3 is 0 Å². The molecule has 0 aliphatic rings. The highest BCUT2D eigenvalue weighted by molar-refractivity contribution is 14.1. The van der Waals surface area contributed by atoms with E-state index in [1.54, 1.807) is 0 Å². The Morgan fingerprint density at radius 3 is 1.35 bits per heavy atom. The molecule has 0 heterocycles. The first kappa shape index (κ1) is 41.3. The van der Waals surface area contributed by atoms with Gasteiger partial charge in [0.25, 0.3) is 0 Å². The monoisotopic (exact) mass is 728 g/mol. The average molecular weight is 729 g/mol. The first-order valence-corrected chi connectivity index (χ1v) is 25.9. The van der Waals surface area contributed by atoms with E-state index >= 15 is 0 Å². The van der Waals surface area contributed by atoms with Crippen LogP contribution in [0.1, 0.15) is 117 Å². The number of hydrogen-bond donors (Lipinski definition) is 0. The standard InChI is InChI=1S/C33H73IO3Si3/c1-19-30(35-40(24(5)6,25(7)8)26(9)10)28(12)32(36-38(17,18)33(14,15)16)29(13)31(27(11)23-34)37-39(20-2,21-3)22-4/h24-32H,19-23H2,1-18H3/t27-,28-,29-,30+,31-,32-/m0/s1. The van der Waals surface area contributed by atoms with E-state index in [9.17, 15) is 0 Å². The predicted molar refractivity (Wildman–Crippen MR) is 197 cm³/mol. The normalized spacial score (nSPS) is 18.8. The molecule has 0 fully saturated rings. The van der Waals surface area contributed by atoms with Crippen LogP contribution in [0.15, 0.2) is 0 Å². The lowest BCUT2D eigenvalue weighted by atomic mass is 9.82. The van der Waals surface area contributed by atoms with Crippen molar-refractivity contribution in [2.24, 2.45) is 17.8 Å². The predicted octanol–water partition coefficient (Wildman–Crippen LogP) is 12.1. The fourth-order valence-electron chi connectivity index (χ4n) is 6.96. The minimum absolute atomic E-state index is 0.108. The Morgan fingerprint density at radius 1 is 0.625 bits per heavy atom. The maximum atomic E-state index is 7.54. The molecule has 3 nitrogen and oxygen atoms in total. The molecule has 242 valence electrons. The molecule has 0 radical (unpaired) electrons. The van der Waals surface area contributed by atoms with Crippen LogP contribution in [-0.2, 0) is 13.3 Å². The van der Waals surface area contributed by atoms with Gasteiger partial charge in [-0.1, -0.05) is 133 Å². The second-order valence-electron chi connectivity index (χ2n) is 15.4. The molecule has 0 N–H and O–H groups in total. The minimum Gasteiger partial charge on any atom is -0.413 e. The van der Waals surface area contributed by atoms with Crippen molar-refractivity contribution < 1.29 is 13.3 Å². The summed E-state index contributed by atoms with van der Waals surface area (Å²) in [6, 6.07) is 3.56. The molecule has 0 spiro atoms. The van der Waals surface area contributed by atoms with Crippen LogP contribution in [0.4, 0.5) is 0 Å². The number of hydrogen-bond acceptors (Lipinski definition) is 3. The van der Waals surface area contributed by atoms with E-state index in [4.69, 9.17) is 13.3 Å². The molecule has 0 saturated carbocycles. The Kier molecular flexibility index (Phi) is 17.6. The quantitative estimate of drug-likeness (QED) is 0.0753. The summed E-state index contributed by atoms with van der Waals surface area (Å²) in [4.78, 5) is 0. The molecular formula is C33H73IO3Si3. The summed E-state index contributed by atoms with van der Waals surface area (Å²) in [5.74, 6) is 1.09. The molecule has 0 aliphatic carbocycles. The van der Waals surface area contributed by atoms with Crippen LogP contribution in [0.3, 0.4) is 0 Å². The van der Waals surface area contributed by atoms with Crippen LogP contribution in [0.25, 0.3) is 0 Å². The maximum Gasteiger partial charge on any atom is 0.200 e. The van der Waals surface area contributed by atoms with Gasteiger partial charge in [0.05, 0.1) is 12.2 Å². The molecule has 7 heteroatoms. The van der Waals surface area contributed by atoms with Gasteiger partial charge in [-0.15, -0.1) is 0 Å². The van der Waals surface area contributed by atoms with Gasteiger partial charge in [-0.25, -0.2) is 0 Å². The van der Waals surface area contributed by atoms with Gasteiger partial charge in [-0.05, 0) is 65.2 Å². The van der Waals surface area contributed by atoms with Crippen LogP contribution >= 0.6 is 22.6 Å². The molecule has 0 bridgehead atoms. The highest BCUT2D eigenvalue weighted by Crippen LogP contribution is 2.46. The van der Waals surface area contributed by atoms with Gasteiger partial charge in [0.1, 0.15) is 0 Å². The first-order valence-electron chi connectivity index (χ1n) is 16.8. The molecule has 0 unspecified atom stereocenters. The van der Waals surface area contributed by atoms with Crippen molar-refractivity contribution in [2.45, 2.75) is 188 Å². The third-order valence-electron chi connectivity index (χ3n) is 11.0. The molecular weight excluding hydrogens is 656 g/mol. The van der Waals surface area contributed by atoms with Crippen molar-refractivity contribution in [1.29, 1.82) is 0 Å². The van der Waals surface area contributed by atoms with E-state index in [2.05, 4.69) is 146 Å². The molecule has 0 amide bonds. The lowest BCUT2D eigenvalue weighted by molar-refractivity contribution is -0.0413. The van der Waals surface area contributed by atoms with Gasteiger partial charge in [0.15, 0.2) is 16.6 Å². The zero-order valence-corrected chi connectivity index (χ0v) is 35.5. The van der Waals surface area contributed by atoms with E-state index in [0.29, 0.717) is 34.4 Å². The summed E-state index contributed by atoms with van der Waals surface area (Å²) in [7, 11) is -5.86. The third kappa shape index (κ3) is 9.88. The van der Waals surface area contributed by atoms with Crippen LogP contribution in [0.2, 0.25) is 52.9 Å². The second-order valence-corrected chi connectivity index (χ2v) is 31.2. The van der Waals surface area contributed by atoms with Crippen LogP contribution in [-0.4, -0.2) is 47.7 Å². The number of alkyl halides is 1. The summed E-state index contributed by atoms with van der Waals surface area (Å²) in [6.45, 7) is 43.1. The van der Waals surface area contributed by atoms with Gasteiger partial charge in [0, 0.05) is 22.4 Å². The highest BCUT2D eigenvalue weighted by Gasteiger charge is 2.50. The van der Waals surface area contributed by atoms with E-state index in [0.717, 1.165) is 10.8 Å². The van der Waals surface area contributed by atoms with Crippen molar-refractivity contribution in [3.8, 4) is 0 Å². The molecule has 6 atom stereocenters. The zero-order valence-electron chi connectivity index (χ0n) is 30.3. The molecule has 0 aromatic heterocycles. The molecule has 0 aromatic rings. The molecule has 0 aliphatic heterocycles. The van der Waals surface area contributed by atoms with E-state index < -0.39 is 25.0 Å². The Balaban J connectivity index is 6.93. The fourth-order valence-corrected chi connectivity index (χ4v) is 17.7. The van der Waals surface area contributed by atoms with E-state index in [-0.39, 0.29) is 23.4 Å². The Labute approximate surface area is 270 Å². The molecule has 0 saturated heterocycles. The third-order valence-corrected chi connectivity index (χ3v) is 27.6. The lowest BCUT2D eigenvalue weighted by Crippen LogP contribution is -2.56. The van der Waals surface area contributed by atoms with E-state index in [1.807, 2.05) is 0 Å². The lowest BCUT2D eigenvalue weighted by Gasteiger charge is -2.50. The summed E-state index contributed by atoms with van der Waals surface area (Å²) in [5, 5.41) is 0.152. The van der Waals surface area contributed by atoms with Crippen LogP contribution in [0.5, 0.6) is 0 Å². The van der Waals surface area contributed by atoms with Crippen molar-refractivity contribution in [3.63, 3.8) is 0 Å². The molecule has 0 aromatic carbocycles. The smallest absolute Gasteiger partial charge is 0.200 e. The summed E-state index contributed by atoms with van der Waals surface area (Å²) >= 11 is 2.58. The minimum atomic E-state index is -2.04. The Morgan fingerprint density at radius 2 is 1.05 bits per heavy atom. The van der Waals surface area contributed by atoms with Gasteiger partial charge in [-0.2, -0.15) is 0 Å².